The fraction of sp³-hybridized carbons (Fsp3) is 0.727. The van der Waals surface area contributed by atoms with Crippen molar-refractivity contribution in [3.63, 3.8) is 0 Å². The van der Waals surface area contributed by atoms with Gasteiger partial charge in [0.2, 0.25) is 0 Å². The second-order valence-electron chi connectivity index (χ2n) is 30.0. The van der Waals surface area contributed by atoms with Crippen LogP contribution in [0.2, 0.25) is 0 Å². The van der Waals surface area contributed by atoms with E-state index in [9.17, 15) is 0 Å². The van der Waals surface area contributed by atoms with Gasteiger partial charge in [0, 0.05) is 80.7 Å². The standard InChI is InChI=1S/C88H136S4/c1-9-17-25-33-41-49-57-65-66(58-50-42-34-26-18-10-2)82-74-73-75-77-79-80-78-76(74)84(90-82)69(61-53-45-37-29-21-13-5)70(62-54-46-38-30-22-14-6)86(78)92-88(80)72(64-56-48-40-32-24-16-8)71(63-55-47-39-31-23-15-7)87(79)91-85(77)68(60-52-44-36-28-20-12-4)67(83(75)89-81(65)73)59-51-43-35-27-19-11-3/h9-64H2,1-8H3. The molecular weight excluding hydrogens is 1190 g/mol. The predicted molar refractivity (Wildman–Crippen MR) is 428 cm³/mol. The summed E-state index contributed by atoms with van der Waals surface area (Å²) in [6.45, 7) is 19.2. The summed E-state index contributed by atoms with van der Waals surface area (Å²) in [6, 6.07) is 0. The van der Waals surface area contributed by atoms with Gasteiger partial charge in [-0.15, -0.1) is 45.3 Å². The van der Waals surface area contributed by atoms with Gasteiger partial charge < -0.3 is 0 Å². The third kappa shape index (κ3) is 18.3. The first-order chi connectivity index (χ1) is 45.5. The quantitative estimate of drug-likeness (QED) is 0.0333. The van der Waals surface area contributed by atoms with Crippen molar-refractivity contribution < 1.29 is 0 Å². The Morgan fingerprint density at radius 2 is 0.228 bits per heavy atom. The van der Waals surface area contributed by atoms with Gasteiger partial charge in [0.25, 0.3) is 0 Å². The maximum Gasteiger partial charge on any atom is 0.0397 e. The van der Waals surface area contributed by atoms with Crippen LogP contribution < -0.4 is 0 Å². The van der Waals surface area contributed by atoms with E-state index in [-0.39, 0.29) is 0 Å². The topological polar surface area (TPSA) is 0 Å². The van der Waals surface area contributed by atoms with Crippen LogP contribution in [0.15, 0.2) is 0 Å². The maximum absolute atomic E-state index is 2.40. The second kappa shape index (κ2) is 40.6. The van der Waals surface area contributed by atoms with E-state index in [1.807, 2.05) is 44.5 Å². The summed E-state index contributed by atoms with van der Waals surface area (Å²) in [4.78, 5) is 0. The lowest BCUT2D eigenvalue weighted by atomic mass is 9.84. The van der Waals surface area contributed by atoms with Crippen LogP contribution in [0.3, 0.4) is 0 Å². The number of hydrogen-bond donors (Lipinski definition) is 0. The highest BCUT2D eigenvalue weighted by molar-refractivity contribution is 7.31. The Balaban J connectivity index is 1.43. The van der Waals surface area contributed by atoms with Gasteiger partial charge in [0.05, 0.1) is 0 Å². The van der Waals surface area contributed by atoms with E-state index in [4.69, 9.17) is 0 Å². The van der Waals surface area contributed by atoms with Crippen molar-refractivity contribution >= 4 is 126 Å². The highest BCUT2D eigenvalue weighted by Gasteiger charge is 2.35. The molecule has 4 heteroatoms. The van der Waals surface area contributed by atoms with Crippen LogP contribution >= 0.6 is 45.3 Å². The van der Waals surface area contributed by atoms with Crippen molar-refractivity contribution in [1.29, 1.82) is 0 Å². The van der Waals surface area contributed by atoms with E-state index >= 15 is 0 Å². The van der Waals surface area contributed by atoms with Crippen LogP contribution in [-0.4, -0.2) is 0 Å². The average molecular weight is 1320 g/mol. The minimum Gasteiger partial charge on any atom is -0.135 e. The van der Waals surface area contributed by atoms with Gasteiger partial charge in [-0.3, -0.25) is 0 Å². The molecule has 9 rings (SSSR count). The zero-order chi connectivity index (χ0) is 64.3. The molecule has 0 aliphatic carbocycles. The molecule has 0 saturated heterocycles. The molecule has 9 aromatic rings. The minimum absolute atomic E-state index is 1.26. The van der Waals surface area contributed by atoms with Crippen molar-refractivity contribution in [3.05, 3.63) is 44.5 Å². The number of benzene rings is 4. The third-order valence-corrected chi connectivity index (χ3v) is 27.8. The lowest BCUT2D eigenvalue weighted by Gasteiger charge is -2.18. The summed E-state index contributed by atoms with van der Waals surface area (Å²) in [6.07, 6.45) is 75.9. The molecule has 0 radical (unpaired) electrons. The average Bonchev–Trinajstić information content (AvgIpc) is 1.49. The zero-order valence-corrected chi connectivity index (χ0v) is 64.5. The Labute approximate surface area is 581 Å². The van der Waals surface area contributed by atoms with Crippen molar-refractivity contribution in [2.45, 2.75) is 415 Å². The van der Waals surface area contributed by atoms with E-state index in [0.717, 1.165) is 0 Å². The molecule has 0 fully saturated rings. The van der Waals surface area contributed by atoms with Crippen LogP contribution in [0.5, 0.6) is 0 Å². The number of rotatable bonds is 56. The van der Waals surface area contributed by atoms with Crippen molar-refractivity contribution in [3.8, 4) is 0 Å². The normalized spacial score (nSPS) is 12.6. The molecular formula is C88H136S4. The molecule has 0 spiro atoms. The van der Waals surface area contributed by atoms with Gasteiger partial charge in [-0.1, -0.05) is 312 Å². The molecule has 0 saturated carbocycles. The molecule has 5 aromatic carbocycles. The molecule has 4 heterocycles. The van der Waals surface area contributed by atoms with Gasteiger partial charge in [-0.05, 0) is 147 Å². The molecule has 92 heavy (non-hydrogen) atoms. The second-order valence-corrected chi connectivity index (χ2v) is 34.1. The monoisotopic (exact) mass is 1320 g/mol. The Morgan fingerprint density at radius 1 is 0.130 bits per heavy atom. The number of aryl methyl sites for hydroxylation is 8. The molecule has 0 N–H and O–H groups in total. The summed E-state index contributed by atoms with van der Waals surface area (Å²) in [5.41, 5.74) is 14.6. The highest BCUT2D eigenvalue weighted by atomic mass is 32.1. The first kappa shape index (κ1) is 74.0. The summed E-state index contributed by atoms with van der Waals surface area (Å²) in [5.74, 6) is 0. The fourth-order valence-corrected chi connectivity index (χ4v) is 23.3. The molecule has 0 aliphatic rings. The van der Waals surface area contributed by atoms with Gasteiger partial charge in [0.1, 0.15) is 0 Å². The molecule has 0 nitrogen and oxygen atoms in total. The number of thiophene rings is 4. The SMILES string of the molecule is CCCCCCCCc1c(CCCCCCCC)c2sc3c(CCCCCCCC)c(CCCCCCCC)c4sc5c(CCCCCCCC)c(CCCCCCCC)c6sc7c(CCCCCCCC)c(CCCCCCCC)c8sc1c1c8c7c6c5c4c3c21. The largest absolute Gasteiger partial charge is 0.135 e. The van der Waals surface area contributed by atoms with E-state index < -0.39 is 0 Å². The fourth-order valence-electron chi connectivity index (χ4n) is 17.2. The van der Waals surface area contributed by atoms with Gasteiger partial charge in [-0.2, -0.15) is 0 Å². The van der Waals surface area contributed by atoms with Crippen LogP contribution in [0, 0.1) is 0 Å². The van der Waals surface area contributed by atoms with Crippen LogP contribution in [0.25, 0.3) is 80.7 Å². The van der Waals surface area contributed by atoms with Crippen LogP contribution in [0.1, 0.15) is 408 Å². The molecule has 0 amide bonds. The molecule has 0 bridgehead atoms. The minimum atomic E-state index is 1.26. The van der Waals surface area contributed by atoms with Crippen molar-refractivity contribution in [2.24, 2.45) is 0 Å². The Bertz CT molecular complexity index is 2740. The maximum atomic E-state index is 2.40. The molecule has 4 aromatic heterocycles. The number of hydrogen-bond acceptors (Lipinski definition) is 4. The smallest absolute Gasteiger partial charge is 0.0397 e. The van der Waals surface area contributed by atoms with E-state index in [2.05, 4.69) is 101 Å². The lowest BCUT2D eigenvalue weighted by molar-refractivity contribution is 0.601. The van der Waals surface area contributed by atoms with Crippen LogP contribution in [0.4, 0.5) is 0 Å². The highest BCUT2D eigenvalue weighted by Crippen LogP contribution is 2.62. The summed E-state index contributed by atoms with van der Waals surface area (Å²) in [7, 11) is 0. The van der Waals surface area contributed by atoms with E-state index in [1.54, 1.807) is 80.7 Å². The summed E-state index contributed by atoms with van der Waals surface area (Å²) >= 11 is 9.53. The summed E-state index contributed by atoms with van der Waals surface area (Å²) < 4.78 is 14.1. The molecule has 512 valence electrons. The molecule has 0 unspecified atom stereocenters. The summed E-state index contributed by atoms with van der Waals surface area (Å²) in [5, 5.41) is 14.1. The first-order valence-electron chi connectivity index (χ1n) is 41.1. The van der Waals surface area contributed by atoms with E-state index in [1.165, 1.54) is 360 Å². The van der Waals surface area contributed by atoms with E-state index in [0.29, 0.717) is 0 Å². The first-order valence-corrected chi connectivity index (χ1v) is 44.4. The Kier molecular flexibility index (Phi) is 32.7. The number of unbranched alkanes of at least 4 members (excludes halogenated alkanes) is 40. The van der Waals surface area contributed by atoms with Crippen molar-refractivity contribution in [1.82, 2.24) is 0 Å². The predicted octanol–water partition coefficient (Wildman–Crippen LogP) is 32.7. The van der Waals surface area contributed by atoms with Gasteiger partial charge >= 0.3 is 0 Å². The van der Waals surface area contributed by atoms with Gasteiger partial charge in [-0.25, -0.2) is 0 Å². The molecule has 0 atom stereocenters. The Morgan fingerprint density at radius 3 is 0.337 bits per heavy atom. The van der Waals surface area contributed by atoms with Crippen LogP contribution in [-0.2, 0) is 51.4 Å². The molecule has 0 aliphatic heterocycles. The lowest BCUT2D eigenvalue weighted by Crippen LogP contribution is -1.99. The Hall–Kier alpha value is -2.24. The third-order valence-electron chi connectivity index (χ3n) is 22.5. The van der Waals surface area contributed by atoms with Gasteiger partial charge in [0.15, 0.2) is 0 Å². The zero-order valence-electron chi connectivity index (χ0n) is 61.2. The van der Waals surface area contributed by atoms with Crippen molar-refractivity contribution in [2.75, 3.05) is 0 Å².